The number of aromatic nitrogens is 3. The van der Waals surface area contributed by atoms with Gasteiger partial charge in [-0.05, 0) is 24.5 Å². The summed E-state index contributed by atoms with van der Waals surface area (Å²) in [5.74, 6) is -1.12. The minimum Gasteiger partial charge on any atom is -0.481 e. The number of rotatable bonds is 8. The Morgan fingerprint density at radius 3 is 2.82 bits per heavy atom. The molecule has 6 heteroatoms. The third-order valence-electron chi connectivity index (χ3n) is 3.62. The van der Waals surface area contributed by atoms with Gasteiger partial charge in [0.1, 0.15) is 11.7 Å². The van der Waals surface area contributed by atoms with Crippen molar-refractivity contribution in [2.75, 3.05) is 5.73 Å². The number of nitrogens with two attached hydrogens (primary N) is 1. The van der Waals surface area contributed by atoms with Crippen molar-refractivity contribution in [2.45, 2.75) is 45.1 Å². The van der Waals surface area contributed by atoms with Crippen LogP contribution in [0.25, 0.3) is 0 Å². The molecule has 118 valence electrons. The van der Waals surface area contributed by atoms with Gasteiger partial charge in [0.2, 0.25) is 0 Å². The number of hydrogen-bond donors (Lipinski definition) is 2. The predicted molar refractivity (Wildman–Crippen MR) is 84.5 cm³/mol. The van der Waals surface area contributed by atoms with E-state index in [0.29, 0.717) is 17.9 Å². The van der Waals surface area contributed by atoms with E-state index in [9.17, 15) is 9.90 Å². The van der Waals surface area contributed by atoms with Gasteiger partial charge in [0, 0.05) is 18.9 Å². The average molecular weight is 302 g/mol. The van der Waals surface area contributed by atoms with Crippen molar-refractivity contribution in [3.8, 4) is 0 Å². The number of unbranched alkanes of at least 4 members (excludes halogenated alkanes) is 2. The quantitative estimate of drug-likeness (QED) is 0.730. The number of carboxylic acids is 1. The summed E-state index contributed by atoms with van der Waals surface area (Å²) in [6.07, 6.45) is 8.90. The van der Waals surface area contributed by atoms with Crippen molar-refractivity contribution in [3.05, 3.63) is 42.1 Å². The Kier molecular flexibility index (Phi) is 5.52. The Hall–Kier alpha value is -2.37. The number of aliphatic carboxylic acids is 1. The molecule has 0 radical (unpaired) electrons. The van der Waals surface area contributed by atoms with Crippen LogP contribution >= 0.6 is 0 Å². The van der Waals surface area contributed by atoms with Crippen molar-refractivity contribution in [1.82, 2.24) is 14.5 Å². The maximum absolute atomic E-state index is 11.5. The van der Waals surface area contributed by atoms with Crippen LogP contribution in [-0.4, -0.2) is 25.6 Å². The lowest BCUT2D eigenvalue weighted by Crippen LogP contribution is -2.15. The first kappa shape index (κ1) is 16.0. The van der Waals surface area contributed by atoms with Gasteiger partial charge in [-0.3, -0.25) is 4.79 Å². The first-order valence-corrected chi connectivity index (χ1v) is 7.55. The first-order valence-electron chi connectivity index (χ1n) is 7.55. The average Bonchev–Trinajstić information content (AvgIpc) is 2.95. The summed E-state index contributed by atoms with van der Waals surface area (Å²) < 4.78 is 1.96. The van der Waals surface area contributed by atoms with E-state index in [2.05, 4.69) is 16.9 Å². The molecule has 2 aromatic rings. The molecule has 0 saturated heterocycles. The molecular weight excluding hydrogens is 280 g/mol. The number of aryl methyl sites for hydroxylation is 1. The summed E-state index contributed by atoms with van der Waals surface area (Å²) in [6, 6.07) is 3.48. The fourth-order valence-corrected chi connectivity index (χ4v) is 2.33. The molecule has 1 atom stereocenters. The molecule has 0 saturated carbocycles. The van der Waals surface area contributed by atoms with Crippen LogP contribution in [0.4, 0.5) is 5.82 Å². The van der Waals surface area contributed by atoms with Crippen molar-refractivity contribution in [1.29, 1.82) is 0 Å². The summed E-state index contributed by atoms with van der Waals surface area (Å²) in [5, 5.41) is 9.47. The Morgan fingerprint density at radius 1 is 1.36 bits per heavy atom. The molecule has 2 aromatic heterocycles. The Balaban J connectivity index is 2.07. The lowest BCUT2D eigenvalue weighted by molar-refractivity contribution is -0.138. The number of nitrogens with zero attached hydrogens (tertiary/aromatic N) is 3. The summed E-state index contributed by atoms with van der Waals surface area (Å²) >= 11 is 0. The molecule has 0 aliphatic carbocycles. The lowest BCUT2D eigenvalue weighted by atomic mass is 9.98. The van der Waals surface area contributed by atoms with E-state index in [1.807, 2.05) is 10.8 Å². The molecule has 6 nitrogen and oxygen atoms in total. The molecule has 1 unspecified atom stereocenters. The van der Waals surface area contributed by atoms with Crippen molar-refractivity contribution < 1.29 is 9.90 Å². The highest BCUT2D eigenvalue weighted by molar-refractivity contribution is 5.75. The zero-order valence-electron chi connectivity index (χ0n) is 12.8. The van der Waals surface area contributed by atoms with Gasteiger partial charge in [-0.1, -0.05) is 25.8 Å². The van der Waals surface area contributed by atoms with Crippen molar-refractivity contribution >= 4 is 11.8 Å². The second-order valence-corrected chi connectivity index (χ2v) is 5.43. The number of hydrogen-bond acceptors (Lipinski definition) is 4. The molecule has 0 spiro atoms. The standard InChI is InChI=1S/C16H22N4O2/c1-2-3-4-7-20-10-14(19-11-20)13(16(21)22)8-12-5-6-15(17)18-9-12/h5-6,9-11,13H,2-4,7-8H2,1H3,(H2,17,18)(H,21,22). The van der Waals surface area contributed by atoms with Gasteiger partial charge in [-0.25, -0.2) is 9.97 Å². The van der Waals surface area contributed by atoms with Gasteiger partial charge >= 0.3 is 5.97 Å². The van der Waals surface area contributed by atoms with E-state index in [1.165, 1.54) is 0 Å². The van der Waals surface area contributed by atoms with Gasteiger partial charge in [-0.15, -0.1) is 0 Å². The van der Waals surface area contributed by atoms with Gasteiger partial charge in [0.25, 0.3) is 0 Å². The van der Waals surface area contributed by atoms with E-state index >= 15 is 0 Å². The Morgan fingerprint density at radius 2 is 2.18 bits per heavy atom. The van der Waals surface area contributed by atoms with Crippen LogP contribution in [0.3, 0.4) is 0 Å². The predicted octanol–water partition coefficient (Wildman–Crippen LogP) is 2.46. The number of carboxylic acid groups (broad SMARTS) is 1. The Labute approximate surface area is 130 Å². The smallest absolute Gasteiger partial charge is 0.312 e. The van der Waals surface area contributed by atoms with Gasteiger partial charge in [-0.2, -0.15) is 0 Å². The summed E-state index contributed by atoms with van der Waals surface area (Å²) in [4.78, 5) is 19.8. The zero-order valence-corrected chi connectivity index (χ0v) is 12.8. The SMILES string of the molecule is CCCCCn1cnc(C(Cc2ccc(N)nc2)C(=O)O)c1. The fraction of sp³-hybridized carbons (Fsp3) is 0.438. The highest BCUT2D eigenvalue weighted by atomic mass is 16.4. The van der Waals surface area contributed by atoms with Crippen LogP contribution < -0.4 is 5.73 Å². The number of nitrogen functional groups attached to an aromatic ring is 1. The molecule has 22 heavy (non-hydrogen) atoms. The van der Waals surface area contributed by atoms with Gasteiger partial charge < -0.3 is 15.4 Å². The third-order valence-corrected chi connectivity index (χ3v) is 3.62. The molecule has 2 heterocycles. The largest absolute Gasteiger partial charge is 0.481 e. The molecular formula is C16H22N4O2. The topological polar surface area (TPSA) is 94.0 Å². The number of anilines is 1. The molecule has 0 amide bonds. The van der Waals surface area contributed by atoms with Crippen LogP contribution in [0.15, 0.2) is 30.9 Å². The second-order valence-electron chi connectivity index (χ2n) is 5.43. The number of pyridine rings is 1. The van der Waals surface area contributed by atoms with E-state index in [-0.39, 0.29) is 0 Å². The van der Waals surface area contributed by atoms with Crippen molar-refractivity contribution in [3.63, 3.8) is 0 Å². The van der Waals surface area contributed by atoms with E-state index in [0.717, 1.165) is 31.4 Å². The van der Waals surface area contributed by atoms with Gasteiger partial charge in [0.15, 0.2) is 0 Å². The van der Waals surface area contributed by atoms with Crippen molar-refractivity contribution in [2.24, 2.45) is 0 Å². The molecule has 3 N–H and O–H groups in total. The van der Waals surface area contributed by atoms with E-state index in [4.69, 9.17) is 5.73 Å². The minimum absolute atomic E-state index is 0.356. The van der Waals surface area contributed by atoms with E-state index < -0.39 is 11.9 Å². The highest BCUT2D eigenvalue weighted by Crippen LogP contribution is 2.20. The molecule has 2 rings (SSSR count). The summed E-state index contributed by atoms with van der Waals surface area (Å²) in [5.41, 5.74) is 6.97. The van der Waals surface area contributed by atoms with Crippen LogP contribution in [0.1, 0.15) is 43.4 Å². The van der Waals surface area contributed by atoms with Crippen LogP contribution in [-0.2, 0) is 17.8 Å². The maximum atomic E-state index is 11.5. The molecule has 0 bridgehead atoms. The van der Waals surface area contributed by atoms with E-state index in [1.54, 1.807) is 24.7 Å². The second kappa shape index (κ2) is 7.59. The van der Waals surface area contributed by atoms with Crippen LogP contribution in [0, 0.1) is 0 Å². The maximum Gasteiger partial charge on any atom is 0.312 e. The van der Waals surface area contributed by atoms with Crippen LogP contribution in [0.5, 0.6) is 0 Å². The minimum atomic E-state index is -0.879. The normalized spacial score (nSPS) is 12.2. The van der Waals surface area contributed by atoms with Gasteiger partial charge in [0.05, 0.1) is 12.0 Å². The number of carbonyl (C=O) groups is 1. The molecule has 0 aliphatic rings. The molecule has 0 aromatic carbocycles. The van der Waals surface area contributed by atoms with Crippen LogP contribution in [0.2, 0.25) is 0 Å². The monoisotopic (exact) mass is 302 g/mol. The highest BCUT2D eigenvalue weighted by Gasteiger charge is 2.23. The first-order chi connectivity index (χ1) is 10.6. The third kappa shape index (κ3) is 4.31. The lowest BCUT2D eigenvalue weighted by Gasteiger charge is -2.09. The molecule has 0 aliphatic heterocycles. The Bertz CT molecular complexity index is 607. The fourth-order valence-electron chi connectivity index (χ4n) is 2.33. The molecule has 0 fully saturated rings. The summed E-state index contributed by atoms with van der Waals surface area (Å²) in [6.45, 7) is 3.02. The number of imidazole rings is 1. The zero-order chi connectivity index (χ0) is 15.9. The summed E-state index contributed by atoms with van der Waals surface area (Å²) in [7, 11) is 0.